The largest absolute Gasteiger partial charge is 0.391 e. The molecule has 2 aromatic heterocycles. The van der Waals surface area contributed by atoms with Crippen LogP contribution in [-0.4, -0.2) is 30.7 Å². The van der Waals surface area contributed by atoms with Gasteiger partial charge in [-0.2, -0.15) is 0 Å². The Morgan fingerprint density at radius 1 is 1.08 bits per heavy atom. The second-order valence-corrected chi connectivity index (χ2v) is 6.48. The Morgan fingerprint density at radius 3 is 2.64 bits per heavy atom. The summed E-state index contributed by atoms with van der Waals surface area (Å²) in [6, 6.07) is 10.5. The van der Waals surface area contributed by atoms with Crippen molar-refractivity contribution in [1.82, 2.24) is 19.5 Å². The summed E-state index contributed by atoms with van der Waals surface area (Å²) in [7, 11) is 0. The second kappa shape index (κ2) is 8.07. The Kier molecular flexibility index (Phi) is 5.60. The zero-order valence-electron chi connectivity index (χ0n) is 14.5. The fraction of sp³-hybridized carbons (Fsp3) is 0.421. The van der Waals surface area contributed by atoms with Crippen LogP contribution >= 0.6 is 0 Å². The fourth-order valence-electron chi connectivity index (χ4n) is 3.23. The van der Waals surface area contributed by atoms with Gasteiger partial charge in [-0.3, -0.25) is 0 Å². The van der Waals surface area contributed by atoms with Crippen molar-refractivity contribution < 1.29 is 5.11 Å². The molecule has 0 saturated carbocycles. The van der Waals surface area contributed by atoms with Gasteiger partial charge in [0, 0.05) is 0 Å². The van der Waals surface area contributed by atoms with Crippen LogP contribution in [0.3, 0.4) is 0 Å². The summed E-state index contributed by atoms with van der Waals surface area (Å²) < 4.78 is 1.93. The number of anilines is 1. The monoisotopic (exact) mass is 339 g/mol. The molecule has 0 amide bonds. The molecule has 0 aliphatic carbocycles. The molecule has 0 aliphatic rings. The van der Waals surface area contributed by atoms with Gasteiger partial charge in [-0.1, -0.05) is 43.2 Å². The molecule has 2 heterocycles. The van der Waals surface area contributed by atoms with E-state index in [4.69, 9.17) is 5.73 Å². The number of aromatic nitrogens is 4. The van der Waals surface area contributed by atoms with E-state index in [9.17, 15) is 5.11 Å². The first-order chi connectivity index (χ1) is 12.2. The number of aliphatic hydroxyl groups excluding tert-OH is 1. The minimum atomic E-state index is -0.484. The number of aliphatic hydroxyl groups is 1. The van der Waals surface area contributed by atoms with E-state index < -0.39 is 6.10 Å². The third kappa shape index (κ3) is 4.14. The van der Waals surface area contributed by atoms with Gasteiger partial charge in [0.05, 0.1) is 18.5 Å². The molecule has 3 rings (SSSR count). The van der Waals surface area contributed by atoms with Gasteiger partial charge in [0.25, 0.3) is 0 Å². The van der Waals surface area contributed by atoms with E-state index in [-0.39, 0.29) is 6.04 Å². The summed E-state index contributed by atoms with van der Waals surface area (Å²) in [5.41, 5.74) is 8.51. The van der Waals surface area contributed by atoms with Crippen LogP contribution in [0.25, 0.3) is 11.2 Å². The van der Waals surface area contributed by atoms with Gasteiger partial charge in [-0.15, -0.1) is 0 Å². The number of aryl methyl sites for hydroxylation is 1. The van der Waals surface area contributed by atoms with Crippen molar-refractivity contribution in [3.63, 3.8) is 0 Å². The predicted octanol–water partition coefficient (Wildman–Crippen LogP) is 3.13. The van der Waals surface area contributed by atoms with Gasteiger partial charge >= 0.3 is 0 Å². The Labute approximate surface area is 147 Å². The molecule has 0 saturated heterocycles. The predicted molar refractivity (Wildman–Crippen MR) is 99.1 cm³/mol. The summed E-state index contributed by atoms with van der Waals surface area (Å²) >= 11 is 0. The molecule has 132 valence electrons. The highest BCUT2D eigenvalue weighted by atomic mass is 16.3. The van der Waals surface area contributed by atoms with Crippen molar-refractivity contribution in [3.05, 3.63) is 48.5 Å². The van der Waals surface area contributed by atoms with E-state index in [0.717, 1.165) is 32.1 Å². The van der Waals surface area contributed by atoms with E-state index in [1.165, 1.54) is 11.9 Å². The maximum Gasteiger partial charge on any atom is 0.165 e. The molecule has 0 bridgehead atoms. The molecule has 0 aliphatic heterocycles. The maximum atomic E-state index is 10.2. The summed E-state index contributed by atoms with van der Waals surface area (Å²) in [4.78, 5) is 12.6. The molecular weight excluding hydrogens is 314 g/mol. The number of rotatable bonds is 8. The molecule has 0 spiro atoms. The number of hydrogen-bond donors (Lipinski definition) is 2. The number of hydrogen-bond acceptors (Lipinski definition) is 5. The Morgan fingerprint density at radius 2 is 1.88 bits per heavy atom. The van der Waals surface area contributed by atoms with Crippen LogP contribution in [0, 0.1) is 0 Å². The lowest BCUT2D eigenvalue weighted by Gasteiger charge is -2.21. The van der Waals surface area contributed by atoms with Crippen molar-refractivity contribution >= 4 is 17.0 Å². The van der Waals surface area contributed by atoms with Gasteiger partial charge in [-0.25, -0.2) is 15.0 Å². The van der Waals surface area contributed by atoms with E-state index in [1.807, 2.05) is 17.6 Å². The topological polar surface area (TPSA) is 89.8 Å². The lowest BCUT2D eigenvalue weighted by molar-refractivity contribution is 0.124. The van der Waals surface area contributed by atoms with E-state index >= 15 is 0 Å². The molecule has 6 nitrogen and oxygen atoms in total. The zero-order chi connectivity index (χ0) is 17.6. The first kappa shape index (κ1) is 17.4. The molecule has 6 heteroatoms. The summed E-state index contributed by atoms with van der Waals surface area (Å²) in [6.45, 7) is 1.81. The first-order valence-corrected chi connectivity index (χ1v) is 8.82. The zero-order valence-corrected chi connectivity index (χ0v) is 14.5. The number of nitrogens with two attached hydrogens (primary N) is 1. The molecule has 25 heavy (non-hydrogen) atoms. The van der Waals surface area contributed by atoms with E-state index in [0.29, 0.717) is 17.0 Å². The van der Waals surface area contributed by atoms with Crippen molar-refractivity contribution in [3.8, 4) is 0 Å². The molecule has 0 unspecified atom stereocenters. The van der Waals surface area contributed by atoms with Gasteiger partial charge in [0.1, 0.15) is 11.8 Å². The highest BCUT2D eigenvalue weighted by Crippen LogP contribution is 2.25. The Bertz CT molecular complexity index is 800. The average Bonchev–Trinajstić information content (AvgIpc) is 3.04. The minimum absolute atomic E-state index is 0.0592. The lowest BCUT2D eigenvalue weighted by Crippen LogP contribution is -2.21. The Hall–Kier alpha value is -2.47. The first-order valence-electron chi connectivity index (χ1n) is 8.82. The molecule has 0 radical (unpaired) electrons. The van der Waals surface area contributed by atoms with Crippen LogP contribution in [0.5, 0.6) is 0 Å². The number of benzene rings is 1. The molecule has 1 aromatic carbocycles. The number of imidazole rings is 1. The summed E-state index contributed by atoms with van der Waals surface area (Å²) in [5, 5.41) is 10.2. The highest BCUT2D eigenvalue weighted by Gasteiger charge is 2.20. The van der Waals surface area contributed by atoms with Crippen LogP contribution in [0.4, 0.5) is 5.82 Å². The molecular formula is C19H25N5O. The summed E-state index contributed by atoms with van der Waals surface area (Å²) in [6.07, 6.45) is 7.95. The average molecular weight is 339 g/mol. The SMILES string of the molecule is C[C@H](O)[C@@H](CCCCCc1ccccc1)n1cnc2c(N)ncnc21. The maximum absolute atomic E-state index is 10.2. The third-order valence-corrected chi connectivity index (χ3v) is 4.61. The smallest absolute Gasteiger partial charge is 0.165 e. The van der Waals surface area contributed by atoms with Gasteiger partial charge < -0.3 is 15.4 Å². The molecule has 0 fully saturated rings. The number of unbranched alkanes of at least 4 members (excludes halogenated alkanes) is 2. The van der Waals surface area contributed by atoms with Crippen molar-refractivity contribution in [2.45, 2.75) is 51.2 Å². The van der Waals surface area contributed by atoms with Crippen molar-refractivity contribution in [2.24, 2.45) is 0 Å². The lowest BCUT2D eigenvalue weighted by atomic mass is 10.0. The molecule has 3 N–H and O–H groups in total. The Balaban J connectivity index is 1.59. The van der Waals surface area contributed by atoms with Crippen LogP contribution in [0.1, 0.15) is 44.2 Å². The van der Waals surface area contributed by atoms with Crippen molar-refractivity contribution in [2.75, 3.05) is 5.73 Å². The van der Waals surface area contributed by atoms with Crippen LogP contribution in [0.15, 0.2) is 43.0 Å². The number of nitrogens with zero attached hydrogens (tertiary/aromatic N) is 4. The minimum Gasteiger partial charge on any atom is -0.391 e. The van der Waals surface area contributed by atoms with E-state index in [1.54, 1.807) is 6.33 Å². The van der Waals surface area contributed by atoms with E-state index in [2.05, 4.69) is 39.2 Å². The normalized spacial score (nSPS) is 13.8. The summed E-state index contributed by atoms with van der Waals surface area (Å²) in [5.74, 6) is 0.371. The molecule has 3 aromatic rings. The van der Waals surface area contributed by atoms with Gasteiger partial charge in [0.2, 0.25) is 0 Å². The second-order valence-electron chi connectivity index (χ2n) is 6.48. The quantitative estimate of drug-likeness (QED) is 0.615. The van der Waals surface area contributed by atoms with Crippen LogP contribution < -0.4 is 5.73 Å². The standard InChI is InChI=1S/C19H25N5O/c1-14(25)16(11-7-3-6-10-15-8-4-2-5-9-15)24-13-23-17-18(20)21-12-22-19(17)24/h2,4-5,8-9,12-14,16,25H,3,6-7,10-11H2,1H3,(H2,20,21,22)/t14-,16+/m0/s1. The van der Waals surface area contributed by atoms with Crippen LogP contribution in [-0.2, 0) is 6.42 Å². The highest BCUT2D eigenvalue weighted by molar-refractivity contribution is 5.81. The van der Waals surface area contributed by atoms with Gasteiger partial charge in [0.15, 0.2) is 11.5 Å². The van der Waals surface area contributed by atoms with Crippen molar-refractivity contribution in [1.29, 1.82) is 0 Å². The third-order valence-electron chi connectivity index (χ3n) is 4.61. The number of nitrogen functional groups attached to an aromatic ring is 1. The van der Waals surface area contributed by atoms with Crippen LogP contribution in [0.2, 0.25) is 0 Å². The van der Waals surface area contributed by atoms with Gasteiger partial charge in [-0.05, 0) is 31.7 Å². The number of fused-ring (bicyclic) bond motifs is 1. The molecule has 2 atom stereocenters. The fourth-order valence-corrected chi connectivity index (χ4v) is 3.23.